The van der Waals surface area contributed by atoms with Gasteiger partial charge in [0.05, 0.1) is 24.4 Å². The molecule has 4 atom stereocenters. The Balaban J connectivity index is 1.79. The van der Waals surface area contributed by atoms with Crippen LogP contribution in [-0.4, -0.2) is 56.9 Å². The van der Waals surface area contributed by atoms with E-state index in [0.717, 1.165) is 11.1 Å². The van der Waals surface area contributed by atoms with Gasteiger partial charge in [-0.25, -0.2) is 0 Å². The molecule has 1 aliphatic heterocycles. The summed E-state index contributed by atoms with van der Waals surface area (Å²) >= 11 is 7.40. The smallest absolute Gasteiger partial charge is 0.173 e. The van der Waals surface area contributed by atoms with Crippen LogP contribution in [0.15, 0.2) is 36.7 Å². The lowest BCUT2D eigenvalue weighted by atomic mass is 10.1. The van der Waals surface area contributed by atoms with Crippen molar-refractivity contribution in [1.82, 2.24) is 4.98 Å². The number of thioether (sulfide) groups is 1. The number of rotatable bonds is 4. The number of methoxy groups -OCH3 is 1. The van der Waals surface area contributed by atoms with Crippen LogP contribution in [0.25, 0.3) is 11.1 Å². The van der Waals surface area contributed by atoms with E-state index in [1.807, 2.05) is 6.07 Å². The van der Waals surface area contributed by atoms with Crippen LogP contribution in [0.3, 0.4) is 0 Å². The fourth-order valence-electron chi connectivity index (χ4n) is 2.50. The number of aliphatic hydroxyl groups is 3. The van der Waals surface area contributed by atoms with Gasteiger partial charge in [-0.3, -0.25) is 4.98 Å². The molecule has 134 valence electrons. The topological polar surface area (TPSA) is 92.0 Å². The Labute approximate surface area is 154 Å². The van der Waals surface area contributed by atoms with E-state index in [1.54, 1.807) is 31.5 Å². The van der Waals surface area contributed by atoms with Gasteiger partial charge in [-0.05, 0) is 23.8 Å². The van der Waals surface area contributed by atoms with E-state index < -0.39 is 23.7 Å². The second-order valence-electron chi connectivity index (χ2n) is 5.63. The first-order valence-electron chi connectivity index (χ1n) is 7.61. The zero-order valence-electron chi connectivity index (χ0n) is 13.4. The lowest BCUT2D eigenvalue weighted by Gasteiger charge is -2.34. The minimum Gasteiger partial charge on any atom is -0.495 e. The van der Waals surface area contributed by atoms with Crippen molar-refractivity contribution in [2.24, 2.45) is 0 Å². The van der Waals surface area contributed by atoms with E-state index in [1.165, 1.54) is 18.0 Å². The molecule has 1 aliphatic rings. The van der Waals surface area contributed by atoms with Crippen LogP contribution in [0.4, 0.5) is 0 Å². The van der Waals surface area contributed by atoms with Crippen molar-refractivity contribution in [2.75, 3.05) is 12.9 Å². The maximum Gasteiger partial charge on any atom is 0.173 e. The molecule has 1 fully saturated rings. The average Bonchev–Trinajstić information content (AvgIpc) is 2.62. The second kappa shape index (κ2) is 7.80. The lowest BCUT2D eigenvalue weighted by Crippen LogP contribution is -2.50. The zero-order chi connectivity index (χ0) is 18.0. The fourth-order valence-corrected chi connectivity index (χ4v) is 3.88. The molecular weight excluding hydrogens is 366 g/mol. The summed E-state index contributed by atoms with van der Waals surface area (Å²) in [6.07, 6.45) is -0.186. The third-order valence-corrected chi connectivity index (χ3v) is 5.44. The molecule has 25 heavy (non-hydrogen) atoms. The quantitative estimate of drug-likeness (QED) is 0.743. The van der Waals surface area contributed by atoms with Gasteiger partial charge >= 0.3 is 0 Å². The van der Waals surface area contributed by atoms with E-state index in [-0.39, 0.29) is 5.75 Å². The van der Waals surface area contributed by atoms with Gasteiger partial charge in [-0.2, -0.15) is 0 Å². The number of benzene rings is 1. The first-order valence-corrected chi connectivity index (χ1v) is 9.03. The van der Waals surface area contributed by atoms with Crippen LogP contribution in [0, 0.1) is 0 Å². The van der Waals surface area contributed by atoms with Crippen LogP contribution in [-0.2, 0) is 0 Å². The highest BCUT2D eigenvalue weighted by atomic mass is 35.5. The maximum atomic E-state index is 10.0. The van der Waals surface area contributed by atoms with Crippen LogP contribution < -0.4 is 9.47 Å². The molecule has 0 unspecified atom stereocenters. The van der Waals surface area contributed by atoms with E-state index >= 15 is 0 Å². The molecule has 2 aromatic rings. The Hall–Kier alpha value is -1.51. The Kier molecular flexibility index (Phi) is 5.71. The Morgan fingerprint density at radius 1 is 1.12 bits per heavy atom. The summed E-state index contributed by atoms with van der Waals surface area (Å²) in [6, 6.07) is 7.17. The van der Waals surface area contributed by atoms with Crippen molar-refractivity contribution in [3.63, 3.8) is 0 Å². The predicted molar refractivity (Wildman–Crippen MR) is 96.1 cm³/mol. The normalized spacial score (nSPS) is 26.3. The highest BCUT2D eigenvalue weighted by Gasteiger charge is 2.38. The summed E-state index contributed by atoms with van der Waals surface area (Å²) in [5.41, 5.74) is 0.948. The van der Waals surface area contributed by atoms with Gasteiger partial charge in [0.25, 0.3) is 0 Å². The number of pyridine rings is 1. The van der Waals surface area contributed by atoms with Gasteiger partial charge in [0.15, 0.2) is 5.44 Å². The number of halogens is 1. The van der Waals surface area contributed by atoms with Crippen LogP contribution >= 0.6 is 23.4 Å². The lowest BCUT2D eigenvalue weighted by molar-refractivity contribution is -0.0786. The molecule has 2 heterocycles. The molecule has 3 rings (SSSR count). The van der Waals surface area contributed by atoms with Crippen molar-refractivity contribution in [1.29, 1.82) is 0 Å². The Morgan fingerprint density at radius 2 is 1.92 bits per heavy atom. The summed E-state index contributed by atoms with van der Waals surface area (Å²) < 4.78 is 10.9. The molecule has 6 nitrogen and oxygen atoms in total. The number of aromatic nitrogens is 1. The minimum atomic E-state index is -1.23. The molecule has 0 bridgehead atoms. The highest BCUT2D eigenvalue weighted by Crippen LogP contribution is 2.33. The molecule has 0 saturated carbocycles. The van der Waals surface area contributed by atoms with Crippen molar-refractivity contribution in [3.05, 3.63) is 41.7 Å². The Bertz CT molecular complexity index is 747. The summed E-state index contributed by atoms with van der Waals surface area (Å²) in [7, 11) is 1.55. The number of hydrogen-bond donors (Lipinski definition) is 3. The van der Waals surface area contributed by atoms with Crippen LogP contribution in [0.2, 0.25) is 5.02 Å². The summed E-state index contributed by atoms with van der Waals surface area (Å²) in [5, 5.41) is 29.9. The molecule has 1 aromatic heterocycles. The van der Waals surface area contributed by atoms with E-state index in [4.69, 9.17) is 21.1 Å². The molecule has 0 aliphatic carbocycles. The molecule has 8 heteroatoms. The van der Waals surface area contributed by atoms with Gasteiger partial charge in [-0.1, -0.05) is 17.7 Å². The highest BCUT2D eigenvalue weighted by molar-refractivity contribution is 7.99. The van der Waals surface area contributed by atoms with Crippen molar-refractivity contribution in [3.8, 4) is 22.6 Å². The number of ether oxygens (including phenoxy) is 2. The van der Waals surface area contributed by atoms with E-state index in [9.17, 15) is 15.3 Å². The SMILES string of the molecule is COc1ccc(-c2cncc(O[C@@H]3SC[C@@H](O)[C@H](O)[C@H]3O)c2)cc1Cl. The summed E-state index contributed by atoms with van der Waals surface area (Å²) in [5.74, 6) is 1.31. The average molecular weight is 384 g/mol. The standard InChI is InChI=1S/C17H18ClNO5S/c1-23-14-3-2-9(5-12(14)18)10-4-11(7-19-6-10)24-17-16(22)15(21)13(20)8-25-17/h2-7,13,15-17,20-22H,8H2,1H3/t13-,15+,16-,17-/m1/s1. The fraction of sp³-hybridized carbons (Fsp3) is 0.353. The van der Waals surface area contributed by atoms with E-state index in [0.29, 0.717) is 16.5 Å². The second-order valence-corrected chi connectivity index (χ2v) is 7.17. The Morgan fingerprint density at radius 3 is 2.64 bits per heavy atom. The zero-order valence-corrected chi connectivity index (χ0v) is 14.9. The van der Waals surface area contributed by atoms with Gasteiger partial charge in [-0.15, -0.1) is 11.8 Å². The first-order chi connectivity index (χ1) is 12.0. The van der Waals surface area contributed by atoms with Crippen molar-refractivity contribution in [2.45, 2.75) is 23.7 Å². The van der Waals surface area contributed by atoms with Gasteiger partial charge < -0.3 is 24.8 Å². The van der Waals surface area contributed by atoms with Gasteiger partial charge in [0.1, 0.15) is 23.7 Å². The van der Waals surface area contributed by atoms with Crippen LogP contribution in [0.5, 0.6) is 11.5 Å². The summed E-state index contributed by atoms with van der Waals surface area (Å²) in [4.78, 5) is 4.16. The summed E-state index contributed by atoms with van der Waals surface area (Å²) in [6.45, 7) is 0. The maximum absolute atomic E-state index is 10.0. The monoisotopic (exact) mass is 383 g/mol. The molecule has 0 amide bonds. The number of aliphatic hydroxyl groups excluding tert-OH is 3. The molecule has 0 spiro atoms. The van der Waals surface area contributed by atoms with Crippen molar-refractivity contribution >= 4 is 23.4 Å². The van der Waals surface area contributed by atoms with Crippen molar-refractivity contribution < 1.29 is 24.8 Å². The van der Waals surface area contributed by atoms with Gasteiger partial charge in [0.2, 0.25) is 0 Å². The molecule has 1 aromatic carbocycles. The number of hydrogen-bond acceptors (Lipinski definition) is 7. The molecule has 3 N–H and O–H groups in total. The minimum absolute atomic E-state index is 0.282. The molecule has 0 radical (unpaired) electrons. The molecule has 1 saturated heterocycles. The first kappa shape index (κ1) is 18.3. The largest absolute Gasteiger partial charge is 0.495 e. The predicted octanol–water partition coefficient (Wildman–Crippen LogP) is 1.94. The van der Waals surface area contributed by atoms with E-state index in [2.05, 4.69) is 4.98 Å². The molecular formula is C17H18ClNO5S. The third-order valence-electron chi connectivity index (χ3n) is 3.90. The van der Waals surface area contributed by atoms with Crippen LogP contribution in [0.1, 0.15) is 0 Å². The third kappa shape index (κ3) is 4.02. The van der Waals surface area contributed by atoms with Gasteiger partial charge in [0, 0.05) is 17.5 Å². The number of nitrogens with zero attached hydrogens (tertiary/aromatic N) is 1.